The van der Waals surface area contributed by atoms with Crippen LogP contribution in [-0.2, 0) is 4.74 Å². The molecule has 0 aliphatic heterocycles. The number of benzene rings is 1. The maximum absolute atomic E-state index is 13.5. The molecular weight excluding hydrogens is 265 g/mol. The molecule has 21 heavy (non-hydrogen) atoms. The Hall–Kier alpha value is -0.930. The van der Waals surface area contributed by atoms with E-state index in [1.807, 2.05) is 13.0 Å². The molecule has 0 spiro atoms. The van der Waals surface area contributed by atoms with E-state index in [2.05, 4.69) is 13.8 Å². The second-order valence-corrected chi connectivity index (χ2v) is 6.72. The minimum Gasteiger partial charge on any atom is -0.369 e. The Kier molecular flexibility index (Phi) is 5.77. The third-order valence-corrected chi connectivity index (χ3v) is 4.51. The normalized spacial score (nSPS) is 29.1. The summed E-state index contributed by atoms with van der Waals surface area (Å²) in [6.45, 7) is 6.61. The molecule has 4 unspecified atom stereocenters. The van der Waals surface area contributed by atoms with Crippen LogP contribution in [0.1, 0.15) is 58.1 Å². The summed E-state index contributed by atoms with van der Waals surface area (Å²) in [5.74, 6) is 1.14. The van der Waals surface area contributed by atoms with E-state index in [9.17, 15) is 4.39 Å². The van der Waals surface area contributed by atoms with Crippen LogP contribution in [0.4, 0.5) is 4.39 Å². The van der Waals surface area contributed by atoms with Gasteiger partial charge in [0.15, 0.2) is 0 Å². The first-order valence-corrected chi connectivity index (χ1v) is 8.16. The first-order chi connectivity index (χ1) is 9.99. The fraction of sp³-hybridized carbons (Fsp3) is 0.667. The number of halogens is 1. The summed E-state index contributed by atoms with van der Waals surface area (Å²) in [7, 11) is 0. The summed E-state index contributed by atoms with van der Waals surface area (Å²) in [6.07, 6.45) is 4.26. The summed E-state index contributed by atoms with van der Waals surface area (Å²) in [5.41, 5.74) is 7.10. The van der Waals surface area contributed by atoms with E-state index >= 15 is 0 Å². The standard InChI is InChI=1S/C18H28FNO/c1-4-17(20)18(14-6-5-7-15(19)11-14)21-16-9-12(2)8-13(3)10-16/h5-7,11-13,16-18H,4,8-10,20H2,1-3H3. The van der Waals surface area contributed by atoms with Crippen molar-refractivity contribution in [2.45, 2.75) is 64.7 Å². The van der Waals surface area contributed by atoms with Crippen molar-refractivity contribution in [1.29, 1.82) is 0 Å². The summed E-state index contributed by atoms with van der Waals surface area (Å²) in [6, 6.07) is 6.56. The zero-order valence-corrected chi connectivity index (χ0v) is 13.4. The Bertz CT molecular complexity index is 441. The molecule has 0 saturated heterocycles. The van der Waals surface area contributed by atoms with Gasteiger partial charge in [-0.05, 0) is 55.2 Å². The van der Waals surface area contributed by atoms with E-state index < -0.39 is 0 Å². The Morgan fingerprint density at radius 2 is 1.90 bits per heavy atom. The molecule has 1 aliphatic carbocycles. The second-order valence-electron chi connectivity index (χ2n) is 6.72. The van der Waals surface area contributed by atoms with E-state index in [4.69, 9.17) is 10.5 Å². The van der Waals surface area contributed by atoms with Crippen LogP contribution in [0, 0.1) is 17.7 Å². The monoisotopic (exact) mass is 293 g/mol. The summed E-state index contributed by atoms with van der Waals surface area (Å²) in [5, 5.41) is 0. The van der Waals surface area contributed by atoms with Crippen molar-refractivity contribution >= 4 is 0 Å². The zero-order valence-electron chi connectivity index (χ0n) is 13.4. The van der Waals surface area contributed by atoms with Crippen LogP contribution < -0.4 is 5.73 Å². The topological polar surface area (TPSA) is 35.2 Å². The molecule has 2 nitrogen and oxygen atoms in total. The SMILES string of the molecule is CCC(N)C(OC1CC(C)CC(C)C1)c1cccc(F)c1. The smallest absolute Gasteiger partial charge is 0.123 e. The largest absolute Gasteiger partial charge is 0.369 e. The highest BCUT2D eigenvalue weighted by Gasteiger charge is 2.29. The molecule has 1 aromatic carbocycles. The van der Waals surface area contributed by atoms with Crippen LogP contribution in [0.25, 0.3) is 0 Å². The van der Waals surface area contributed by atoms with Gasteiger partial charge in [-0.2, -0.15) is 0 Å². The molecule has 0 radical (unpaired) electrons. The molecule has 4 atom stereocenters. The number of hydrogen-bond donors (Lipinski definition) is 1. The van der Waals surface area contributed by atoms with E-state index in [1.165, 1.54) is 12.5 Å². The quantitative estimate of drug-likeness (QED) is 0.870. The van der Waals surface area contributed by atoms with Crippen molar-refractivity contribution < 1.29 is 9.13 Å². The lowest BCUT2D eigenvalue weighted by Crippen LogP contribution is -2.35. The van der Waals surface area contributed by atoms with Gasteiger partial charge in [-0.1, -0.05) is 32.9 Å². The van der Waals surface area contributed by atoms with Gasteiger partial charge in [-0.3, -0.25) is 0 Å². The Balaban J connectivity index is 2.13. The molecule has 0 aromatic heterocycles. The molecule has 2 rings (SSSR count). The Morgan fingerprint density at radius 3 is 2.48 bits per heavy atom. The average Bonchev–Trinajstić information content (AvgIpc) is 2.43. The maximum Gasteiger partial charge on any atom is 0.123 e. The van der Waals surface area contributed by atoms with Gasteiger partial charge in [-0.15, -0.1) is 0 Å². The molecular formula is C18H28FNO. The van der Waals surface area contributed by atoms with Crippen LogP contribution >= 0.6 is 0 Å². The molecule has 1 aromatic rings. The number of ether oxygens (including phenoxy) is 1. The predicted octanol–water partition coefficient (Wildman–Crippen LogP) is 4.45. The van der Waals surface area contributed by atoms with E-state index in [1.54, 1.807) is 12.1 Å². The lowest BCUT2D eigenvalue weighted by Gasteiger charge is -2.35. The Morgan fingerprint density at radius 1 is 1.24 bits per heavy atom. The zero-order chi connectivity index (χ0) is 15.4. The van der Waals surface area contributed by atoms with Crippen LogP contribution in [0.3, 0.4) is 0 Å². The van der Waals surface area contributed by atoms with Crippen molar-refractivity contribution in [1.82, 2.24) is 0 Å². The number of nitrogens with two attached hydrogens (primary N) is 1. The van der Waals surface area contributed by atoms with Gasteiger partial charge >= 0.3 is 0 Å². The van der Waals surface area contributed by atoms with Gasteiger partial charge in [-0.25, -0.2) is 4.39 Å². The minimum absolute atomic E-state index is 0.0978. The first kappa shape index (κ1) is 16.4. The van der Waals surface area contributed by atoms with Crippen molar-refractivity contribution in [3.63, 3.8) is 0 Å². The Labute approximate surface area is 127 Å². The summed E-state index contributed by atoms with van der Waals surface area (Å²) < 4.78 is 19.8. The van der Waals surface area contributed by atoms with Crippen LogP contribution in [-0.4, -0.2) is 12.1 Å². The highest BCUT2D eigenvalue weighted by Crippen LogP contribution is 2.34. The van der Waals surface area contributed by atoms with Gasteiger partial charge in [0, 0.05) is 6.04 Å². The lowest BCUT2D eigenvalue weighted by atomic mass is 9.81. The molecule has 118 valence electrons. The summed E-state index contributed by atoms with van der Waals surface area (Å²) >= 11 is 0. The molecule has 2 N–H and O–H groups in total. The van der Waals surface area contributed by atoms with Gasteiger partial charge in [0.2, 0.25) is 0 Å². The highest BCUT2D eigenvalue weighted by molar-refractivity contribution is 5.20. The van der Waals surface area contributed by atoms with E-state index in [-0.39, 0.29) is 24.1 Å². The van der Waals surface area contributed by atoms with Crippen molar-refractivity contribution in [2.75, 3.05) is 0 Å². The van der Waals surface area contributed by atoms with E-state index in [0.717, 1.165) is 24.8 Å². The third-order valence-electron chi connectivity index (χ3n) is 4.51. The molecule has 1 saturated carbocycles. The van der Waals surface area contributed by atoms with Crippen LogP contribution in [0.2, 0.25) is 0 Å². The van der Waals surface area contributed by atoms with Crippen molar-refractivity contribution in [2.24, 2.45) is 17.6 Å². The molecule has 0 heterocycles. The third kappa shape index (κ3) is 4.52. The van der Waals surface area contributed by atoms with Crippen molar-refractivity contribution in [3.05, 3.63) is 35.6 Å². The van der Waals surface area contributed by atoms with E-state index in [0.29, 0.717) is 11.8 Å². The molecule has 3 heteroatoms. The second kappa shape index (κ2) is 7.37. The van der Waals surface area contributed by atoms with Crippen LogP contribution in [0.15, 0.2) is 24.3 Å². The van der Waals surface area contributed by atoms with Gasteiger partial charge in [0.05, 0.1) is 12.2 Å². The van der Waals surface area contributed by atoms with Crippen molar-refractivity contribution in [3.8, 4) is 0 Å². The molecule has 0 bridgehead atoms. The average molecular weight is 293 g/mol. The fourth-order valence-corrected chi connectivity index (χ4v) is 3.52. The fourth-order valence-electron chi connectivity index (χ4n) is 3.52. The van der Waals surface area contributed by atoms with Gasteiger partial charge in [0.25, 0.3) is 0 Å². The predicted molar refractivity (Wildman–Crippen MR) is 84.5 cm³/mol. The summed E-state index contributed by atoms with van der Waals surface area (Å²) in [4.78, 5) is 0. The highest BCUT2D eigenvalue weighted by atomic mass is 19.1. The molecule has 1 fully saturated rings. The number of rotatable bonds is 5. The molecule has 1 aliphatic rings. The minimum atomic E-state index is -0.227. The maximum atomic E-state index is 13.5. The lowest BCUT2D eigenvalue weighted by molar-refractivity contribution is -0.0611. The van der Waals surface area contributed by atoms with Gasteiger partial charge in [0.1, 0.15) is 5.82 Å². The molecule has 0 amide bonds. The number of hydrogen-bond acceptors (Lipinski definition) is 2. The van der Waals surface area contributed by atoms with Crippen LogP contribution in [0.5, 0.6) is 0 Å². The van der Waals surface area contributed by atoms with Gasteiger partial charge < -0.3 is 10.5 Å². The first-order valence-electron chi connectivity index (χ1n) is 8.16.